The zero-order valence-electron chi connectivity index (χ0n) is 27.6. The molecule has 0 aliphatic carbocycles. The first kappa shape index (κ1) is 34.8. The summed E-state index contributed by atoms with van der Waals surface area (Å²) in [7, 11) is 4.62. The van der Waals surface area contributed by atoms with E-state index in [0.29, 0.717) is 64.8 Å². The van der Waals surface area contributed by atoms with E-state index in [1.807, 2.05) is 42.5 Å². The van der Waals surface area contributed by atoms with E-state index in [-0.39, 0.29) is 24.3 Å². The number of carbonyl (C=O) groups is 1. The highest BCUT2D eigenvalue weighted by molar-refractivity contribution is 7.07. The Kier molecular flexibility index (Phi) is 10.6. The number of aromatic nitrogens is 1. The molecule has 12 heteroatoms. The van der Waals surface area contributed by atoms with Crippen LogP contribution >= 0.6 is 34.5 Å². The van der Waals surface area contributed by atoms with Gasteiger partial charge in [-0.05, 0) is 66.1 Å². The van der Waals surface area contributed by atoms with Gasteiger partial charge in [-0.1, -0.05) is 83.1 Å². The molecule has 2 heterocycles. The molecule has 0 saturated carbocycles. The Morgan fingerprint density at radius 1 is 0.860 bits per heavy atom. The SMILES string of the molecule is CCOC(=O)C1=C(c2ccccc2)N=c2s/c(=C\c3ccc(OCc4ccc(Cl)c(Cl)c4)c(OC)c3)c(=O)n2[C@H]1c1ccc(OC)c(OC)c1. The largest absolute Gasteiger partial charge is 0.493 e. The van der Waals surface area contributed by atoms with Gasteiger partial charge >= 0.3 is 5.97 Å². The lowest BCUT2D eigenvalue weighted by Gasteiger charge is -2.26. The van der Waals surface area contributed by atoms with Crippen LogP contribution in [0.5, 0.6) is 23.0 Å². The highest BCUT2D eigenvalue weighted by Gasteiger charge is 2.35. The van der Waals surface area contributed by atoms with Gasteiger partial charge in [0, 0.05) is 5.56 Å². The molecular formula is C38H32Cl2N2O7S. The van der Waals surface area contributed by atoms with Gasteiger partial charge in [-0.3, -0.25) is 9.36 Å². The molecular weight excluding hydrogens is 699 g/mol. The molecule has 4 aromatic carbocycles. The molecule has 1 atom stereocenters. The molecule has 0 bridgehead atoms. The van der Waals surface area contributed by atoms with Crippen molar-refractivity contribution >= 4 is 52.3 Å². The molecule has 0 unspecified atom stereocenters. The van der Waals surface area contributed by atoms with Crippen LogP contribution in [0.3, 0.4) is 0 Å². The number of nitrogens with zero attached hydrogens (tertiary/aromatic N) is 2. The Hall–Kier alpha value is -5.03. The summed E-state index contributed by atoms with van der Waals surface area (Å²) in [5, 5.41) is 0.904. The van der Waals surface area contributed by atoms with E-state index in [4.69, 9.17) is 51.9 Å². The summed E-state index contributed by atoms with van der Waals surface area (Å²) in [6.07, 6.45) is 1.76. The van der Waals surface area contributed by atoms with Crippen molar-refractivity contribution in [2.75, 3.05) is 27.9 Å². The van der Waals surface area contributed by atoms with Gasteiger partial charge in [0.05, 0.1) is 59.8 Å². The Bertz CT molecular complexity index is 2280. The number of hydrogen-bond acceptors (Lipinski definition) is 9. The maximum atomic E-state index is 14.4. The molecule has 0 saturated heterocycles. The summed E-state index contributed by atoms with van der Waals surface area (Å²) in [5.41, 5.74) is 3.18. The minimum absolute atomic E-state index is 0.141. The van der Waals surface area contributed by atoms with Gasteiger partial charge in [-0.15, -0.1) is 0 Å². The smallest absolute Gasteiger partial charge is 0.338 e. The first-order valence-corrected chi connectivity index (χ1v) is 17.1. The molecule has 256 valence electrons. The Labute approximate surface area is 302 Å². The maximum absolute atomic E-state index is 14.4. The second-order valence-corrected chi connectivity index (χ2v) is 12.8. The van der Waals surface area contributed by atoms with Crippen LogP contribution in [0, 0.1) is 0 Å². The summed E-state index contributed by atoms with van der Waals surface area (Å²) in [5.74, 6) is 1.36. The van der Waals surface area contributed by atoms with Crippen molar-refractivity contribution in [1.82, 2.24) is 4.57 Å². The lowest BCUT2D eigenvalue weighted by Crippen LogP contribution is -2.40. The lowest BCUT2D eigenvalue weighted by molar-refractivity contribution is -0.138. The molecule has 50 heavy (non-hydrogen) atoms. The first-order valence-electron chi connectivity index (χ1n) is 15.5. The van der Waals surface area contributed by atoms with Crippen LogP contribution in [0.4, 0.5) is 0 Å². The minimum atomic E-state index is -0.880. The zero-order chi connectivity index (χ0) is 35.4. The standard InChI is InChI=1S/C38H32Cl2N2O7S/c1-5-48-37(44)33-34(24-9-7-6-8-10-24)41-38-42(35(33)25-13-16-28(45-2)31(20-25)47-4)36(43)32(50-38)19-22-12-15-29(30(18-22)46-3)49-21-23-11-14-26(39)27(40)17-23/h6-20,35H,5,21H2,1-4H3/b32-19-/t35-/m0/s1. The van der Waals surface area contributed by atoms with E-state index < -0.39 is 12.0 Å². The van der Waals surface area contributed by atoms with Crippen LogP contribution in [0.2, 0.25) is 10.0 Å². The van der Waals surface area contributed by atoms with Crippen molar-refractivity contribution in [3.8, 4) is 23.0 Å². The second kappa shape index (κ2) is 15.2. The van der Waals surface area contributed by atoms with Gasteiger partial charge in [0.1, 0.15) is 6.61 Å². The zero-order valence-corrected chi connectivity index (χ0v) is 29.9. The summed E-state index contributed by atoms with van der Waals surface area (Å²) < 4.78 is 30.2. The van der Waals surface area contributed by atoms with Gasteiger partial charge in [0.15, 0.2) is 27.8 Å². The Morgan fingerprint density at radius 3 is 2.28 bits per heavy atom. The summed E-state index contributed by atoms with van der Waals surface area (Å²) in [6.45, 7) is 2.12. The number of carbonyl (C=O) groups excluding carboxylic acids is 1. The van der Waals surface area contributed by atoms with Crippen molar-refractivity contribution in [3.63, 3.8) is 0 Å². The molecule has 1 aliphatic heterocycles. The van der Waals surface area contributed by atoms with Crippen molar-refractivity contribution < 1.29 is 28.5 Å². The molecule has 0 radical (unpaired) electrons. The quantitative estimate of drug-likeness (QED) is 0.137. The average molecular weight is 732 g/mol. The van der Waals surface area contributed by atoms with Gasteiger partial charge in [0.2, 0.25) is 0 Å². The molecule has 1 aromatic heterocycles. The van der Waals surface area contributed by atoms with Gasteiger partial charge in [-0.2, -0.15) is 0 Å². The van der Waals surface area contributed by atoms with Crippen LogP contribution in [-0.4, -0.2) is 38.5 Å². The van der Waals surface area contributed by atoms with Crippen LogP contribution in [0.1, 0.15) is 35.2 Å². The molecule has 1 aliphatic rings. The van der Waals surface area contributed by atoms with E-state index in [1.165, 1.54) is 23.0 Å². The monoisotopic (exact) mass is 730 g/mol. The van der Waals surface area contributed by atoms with Crippen molar-refractivity contribution in [2.24, 2.45) is 4.99 Å². The predicted molar refractivity (Wildman–Crippen MR) is 194 cm³/mol. The Balaban J connectivity index is 1.48. The van der Waals surface area contributed by atoms with Crippen molar-refractivity contribution in [3.05, 3.63) is 142 Å². The fourth-order valence-corrected chi connectivity index (χ4v) is 6.94. The molecule has 0 fully saturated rings. The van der Waals surface area contributed by atoms with E-state index in [0.717, 1.165) is 5.56 Å². The van der Waals surface area contributed by atoms with Crippen molar-refractivity contribution in [1.29, 1.82) is 0 Å². The number of esters is 1. The molecule has 0 amide bonds. The second-order valence-electron chi connectivity index (χ2n) is 11.0. The van der Waals surface area contributed by atoms with Crippen LogP contribution < -0.4 is 33.8 Å². The summed E-state index contributed by atoms with van der Waals surface area (Å²) in [6, 6.07) is 24.5. The fraction of sp³-hybridized carbons (Fsp3) is 0.184. The molecule has 6 rings (SSSR count). The van der Waals surface area contributed by atoms with Gasteiger partial charge in [0.25, 0.3) is 5.56 Å². The minimum Gasteiger partial charge on any atom is -0.493 e. The predicted octanol–water partition coefficient (Wildman–Crippen LogP) is 6.85. The number of hydrogen-bond donors (Lipinski definition) is 0. The number of rotatable bonds is 11. The molecule has 0 spiro atoms. The maximum Gasteiger partial charge on any atom is 0.338 e. The number of halogens is 2. The van der Waals surface area contributed by atoms with E-state index in [9.17, 15) is 9.59 Å². The fourth-order valence-electron chi connectivity index (χ4n) is 5.61. The van der Waals surface area contributed by atoms with E-state index >= 15 is 0 Å². The number of methoxy groups -OCH3 is 3. The number of benzene rings is 4. The average Bonchev–Trinajstić information content (AvgIpc) is 3.45. The normalized spacial score (nSPS) is 14.1. The van der Waals surface area contributed by atoms with E-state index in [2.05, 4.69) is 0 Å². The van der Waals surface area contributed by atoms with Gasteiger partial charge < -0.3 is 23.7 Å². The number of ether oxygens (including phenoxy) is 5. The summed E-state index contributed by atoms with van der Waals surface area (Å²) >= 11 is 13.4. The Morgan fingerprint density at radius 2 is 1.58 bits per heavy atom. The number of fused-ring (bicyclic) bond motifs is 1. The van der Waals surface area contributed by atoms with Crippen LogP contribution in [0.25, 0.3) is 11.8 Å². The van der Waals surface area contributed by atoms with E-state index in [1.54, 1.807) is 69.7 Å². The first-order chi connectivity index (χ1) is 24.3. The molecule has 9 nitrogen and oxygen atoms in total. The van der Waals surface area contributed by atoms with Gasteiger partial charge in [-0.25, -0.2) is 9.79 Å². The van der Waals surface area contributed by atoms with Crippen LogP contribution in [0.15, 0.2) is 100 Å². The molecule has 0 N–H and O–H groups in total. The third kappa shape index (κ3) is 7.00. The topological polar surface area (TPSA) is 97.6 Å². The summed E-state index contributed by atoms with van der Waals surface area (Å²) in [4.78, 5) is 33.5. The molecule has 5 aromatic rings. The number of thiazole rings is 1. The van der Waals surface area contributed by atoms with Crippen LogP contribution in [-0.2, 0) is 16.1 Å². The lowest BCUT2D eigenvalue weighted by atomic mass is 9.93. The third-order valence-electron chi connectivity index (χ3n) is 7.96. The highest BCUT2D eigenvalue weighted by Crippen LogP contribution is 2.38. The highest BCUT2D eigenvalue weighted by atomic mass is 35.5. The van der Waals surface area contributed by atoms with Crippen molar-refractivity contribution in [2.45, 2.75) is 19.6 Å². The third-order valence-corrected chi connectivity index (χ3v) is 9.68.